The second kappa shape index (κ2) is 58.3. The van der Waals surface area contributed by atoms with Gasteiger partial charge in [-0.05, 0) is 109 Å². The first-order valence-corrected chi connectivity index (χ1v) is 33.6. The van der Waals surface area contributed by atoms with Crippen molar-refractivity contribution in [2.75, 3.05) is 13.2 Å². The minimum Gasteiger partial charge on any atom is -0.479 e. The summed E-state index contributed by atoms with van der Waals surface area (Å²) in [5.41, 5.74) is 0. The van der Waals surface area contributed by atoms with Crippen molar-refractivity contribution in [3.05, 3.63) is 85.1 Å². The molecule has 1 rings (SSSR count). The second-order valence-electron chi connectivity index (χ2n) is 22.7. The lowest BCUT2D eigenvalue weighted by Gasteiger charge is -2.40. The van der Waals surface area contributed by atoms with Gasteiger partial charge in [-0.25, -0.2) is 4.79 Å². The number of esters is 3. The van der Waals surface area contributed by atoms with Gasteiger partial charge < -0.3 is 39.0 Å². The molecule has 3 N–H and O–H groups in total. The standard InChI is InChI=1S/C71H120O12/c1-4-7-10-13-16-19-22-25-28-31-32-35-36-39-42-45-48-51-54-57-63(72)79-60-62(81-64(73)58-55-52-49-46-43-40-37-33-29-26-23-20-17-14-11-8-5-2)61-80-71-69(67(76)66(75)68(83-71)70(77)78)82-65(74)59-56-53-50-47-44-41-38-34-30-27-24-21-18-15-12-9-6-3/h8,11,17,20,25-30,37,40,46,49,62,66-69,71,75-76H,4-7,9-10,12-16,18-19,21-24,31-36,38-39,41-45,47-48,50-61H2,1-3H3,(H,77,78)/b11-8-,20-17-,28-25-,29-26-,30-27-,40-37-,49-46-. The molecule has 0 aromatic carbocycles. The van der Waals surface area contributed by atoms with Crippen LogP contribution in [0.3, 0.4) is 0 Å². The van der Waals surface area contributed by atoms with E-state index < -0.39 is 67.3 Å². The molecule has 0 aromatic rings. The van der Waals surface area contributed by atoms with Crippen molar-refractivity contribution >= 4 is 23.9 Å². The Balaban J connectivity index is 2.68. The maximum absolute atomic E-state index is 13.2. The van der Waals surface area contributed by atoms with E-state index in [1.54, 1.807) is 0 Å². The fraction of sp³-hybridized carbons (Fsp3) is 0.746. The topological polar surface area (TPSA) is 175 Å². The van der Waals surface area contributed by atoms with Gasteiger partial charge in [0, 0.05) is 19.3 Å². The van der Waals surface area contributed by atoms with Crippen LogP contribution in [-0.4, -0.2) is 89.2 Å². The van der Waals surface area contributed by atoms with E-state index in [-0.39, 0.29) is 25.9 Å². The van der Waals surface area contributed by atoms with E-state index in [9.17, 15) is 34.5 Å². The zero-order valence-corrected chi connectivity index (χ0v) is 52.7. The molecule has 0 spiro atoms. The molecule has 12 heteroatoms. The molecule has 12 nitrogen and oxygen atoms in total. The molecule has 0 aromatic heterocycles. The third-order valence-electron chi connectivity index (χ3n) is 14.9. The van der Waals surface area contributed by atoms with Crippen molar-refractivity contribution in [2.24, 2.45) is 0 Å². The number of carboxylic acids is 1. The van der Waals surface area contributed by atoms with Gasteiger partial charge in [-0.15, -0.1) is 0 Å². The van der Waals surface area contributed by atoms with Gasteiger partial charge in [0.05, 0.1) is 6.61 Å². The molecular weight excluding hydrogens is 1040 g/mol. The van der Waals surface area contributed by atoms with Gasteiger partial charge in [0.15, 0.2) is 24.6 Å². The molecule has 1 aliphatic rings. The number of aliphatic hydroxyl groups is 2. The average Bonchev–Trinajstić information content (AvgIpc) is 3.59. The summed E-state index contributed by atoms with van der Waals surface area (Å²) in [6.45, 7) is 5.86. The van der Waals surface area contributed by atoms with Crippen LogP contribution in [0.2, 0.25) is 0 Å². The number of hydrogen-bond donors (Lipinski definition) is 3. The van der Waals surface area contributed by atoms with Gasteiger partial charge in [0.1, 0.15) is 18.8 Å². The lowest BCUT2D eigenvalue weighted by molar-refractivity contribution is -0.301. The molecule has 1 aliphatic heterocycles. The van der Waals surface area contributed by atoms with Gasteiger partial charge in [-0.2, -0.15) is 0 Å². The Kier molecular flexibility index (Phi) is 54.0. The van der Waals surface area contributed by atoms with Crippen molar-refractivity contribution in [3.8, 4) is 0 Å². The maximum atomic E-state index is 13.2. The Morgan fingerprint density at radius 3 is 1.20 bits per heavy atom. The van der Waals surface area contributed by atoms with Crippen LogP contribution < -0.4 is 0 Å². The SMILES string of the molecule is CC/C=C\C/C=C\C/C=C\C/C=C\C/C=C\CCCC(=O)OC(COC(=O)CCCCCCCCCCC/C=C\CCCCCCCC)COC1OC(C(=O)O)C(O)C(O)C1OC(=O)CCCCCCCCC/C=C\CCCCCCCC. The fourth-order valence-corrected chi connectivity index (χ4v) is 9.81. The first-order chi connectivity index (χ1) is 40.6. The van der Waals surface area contributed by atoms with E-state index in [1.165, 1.54) is 135 Å². The molecular formula is C71H120O12. The van der Waals surface area contributed by atoms with Crippen LogP contribution >= 0.6 is 0 Å². The molecule has 83 heavy (non-hydrogen) atoms. The number of hydrogen-bond acceptors (Lipinski definition) is 11. The number of carbonyl (C=O) groups is 4. The zero-order valence-electron chi connectivity index (χ0n) is 52.7. The molecule has 1 heterocycles. The molecule has 0 radical (unpaired) electrons. The minimum atomic E-state index is -1.92. The highest BCUT2D eigenvalue weighted by Crippen LogP contribution is 2.27. The van der Waals surface area contributed by atoms with Gasteiger partial charge in [0.2, 0.25) is 0 Å². The number of ether oxygens (including phenoxy) is 5. The first kappa shape index (κ1) is 76.9. The van der Waals surface area contributed by atoms with Crippen molar-refractivity contribution in [2.45, 2.75) is 327 Å². The minimum absolute atomic E-state index is 0.0469. The quantitative estimate of drug-likeness (QED) is 0.0228. The van der Waals surface area contributed by atoms with Crippen LogP contribution in [0.4, 0.5) is 0 Å². The number of aliphatic carboxylic acids is 1. The summed E-state index contributed by atoms with van der Waals surface area (Å²) in [4.78, 5) is 51.4. The van der Waals surface area contributed by atoms with Crippen LogP contribution in [0.1, 0.15) is 290 Å². The lowest BCUT2D eigenvalue weighted by atomic mass is 9.98. The van der Waals surface area contributed by atoms with E-state index in [4.69, 9.17) is 23.7 Å². The number of carbonyl (C=O) groups excluding carboxylic acids is 3. The Morgan fingerprint density at radius 1 is 0.410 bits per heavy atom. The number of aliphatic hydroxyl groups excluding tert-OH is 2. The molecule has 1 saturated heterocycles. The molecule has 0 amide bonds. The molecule has 1 fully saturated rings. The Labute approximate surface area is 505 Å². The molecule has 476 valence electrons. The Bertz CT molecular complexity index is 1760. The van der Waals surface area contributed by atoms with E-state index >= 15 is 0 Å². The second-order valence-corrected chi connectivity index (χ2v) is 22.7. The monoisotopic (exact) mass is 1160 g/mol. The largest absolute Gasteiger partial charge is 0.479 e. The van der Waals surface area contributed by atoms with Crippen molar-refractivity contribution < 1.29 is 58.2 Å². The number of allylic oxidation sites excluding steroid dienone is 14. The number of carboxylic acid groups (broad SMARTS) is 1. The highest BCUT2D eigenvalue weighted by atomic mass is 16.7. The fourth-order valence-electron chi connectivity index (χ4n) is 9.81. The first-order valence-electron chi connectivity index (χ1n) is 33.6. The summed E-state index contributed by atoms with van der Waals surface area (Å²) in [7, 11) is 0. The normalized spacial score (nSPS) is 18.1. The van der Waals surface area contributed by atoms with Crippen molar-refractivity contribution in [3.63, 3.8) is 0 Å². The van der Waals surface area contributed by atoms with E-state index in [0.29, 0.717) is 25.7 Å². The smallest absolute Gasteiger partial charge is 0.335 e. The Morgan fingerprint density at radius 2 is 0.771 bits per heavy atom. The average molecular weight is 1170 g/mol. The predicted molar refractivity (Wildman–Crippen MR) is 340 cm³/mol. The summed E-state index contributed by atoms with van der Waals surface area (Å²) >= 11 is 0. The van der Waals surface area contributed by atoms with Gasteiger partial charge in [-0.3, -0.25) is 14.4 Å². The number of rotatable bonds is 57. The van der Waals surface area contributed by atoms with Crippen molar-refractivity contribution in [1.29, 1.82) is 0 Å². The van der Waals surface area contributed by atoms with E-state index in [1.807, 2.05) is 6.08 Å². The predicted octanol–water partition coefficient (Wildman–Crippen LogP) is 18.2. The molecule has 6 unspecified atom stereocenters. The van der Waals surface area contributed by atoms with Crippen LogP contribution in [0.25, 0.3) is 0 Å². The Hall–Kier alpha value is -4.10. The zero-order chi connectivity index (χ0) is 60.3. The summed E-state index contributed by atoms with van der Waals surface area (Å²) in [6.07, 6.45) is 64.0. The summed E-state index contributed by atoms with van der Waals surface area (Å²) in [6, 6.07) is 0. The van der Waals surface area contributed by atoms with Crippen LogP contribution in [0.15, 0.2) is 85.1 Å². The summed E-state index contributed by atoms with van der Waals surface area (Å²) in [5, 5.41) is 31.6. The maximum Gasteiger partial charge on any atom is 0.335 e. The molecule has 6 atom stereocenters. The summed E-state index contributed by atoms with van der Waals surface area (Å²) < 4.78 is 28.5. The van der Waals surface area contributed by atoms with E-state index in [2.05, 4.69) is 99.8 Å². The van der Waals surface area contributed by atoms with Crippen molar-refractivity contribution in [1.82, 2.24) is 0 Å². The van der Waals surface area contributed by atoms with E-state index in [0.717, 1.165) is 89.9 Å². The lowest BCUT2D eigenvalue weighted by Crippen LogP contribution is -2.61. The van der Waals surface area contributed by atoms with Gasteiger partial charge in [0.25, 0.3) is 0 Å². The molecule has 0 saturated carbocycles. The highest BCUT2D eigenvalue weighted by Gasteiger charge is 2.50. The molecule has 0 aliphatic carbocycles. The molecule has 0 bridgehead atoms. The van der Waals surface area contributed by atoms with Crippen LogP contribution in [-0.2, 0) is 42.9 Å². The highest BCUT2D eigenvalue weighted by molar-refractivity contribution is 5.74. The number of unbranched alkanes of at least 4 members (excludes halogenated alkanes) is 29. The van der Waals surface area contributed by atoms with Gasteiger partial charge in [-0.1, -0.05) is 247 Å². The third-order valence-corrected chi connectivity index (χ3v) is 14.9. The van der Waals surface area contributed by atoms with Gasteiger partial charge >= 0.3 is 23.9 Å². The summed E-state index contributed by atoms with van der Waals surface area (Å²) in [5.74, 6) is -3.20. The third kappa shape index (κ3) is 47.8. The van der Waals surface area contributed by atoms with Crippen LogP contribution in [0.5, 0.6) is 0 Å². The van der Waals surface area contributed by atoms with Crippen LogP contribution in [0, 0.1) is 0 Å².